The first-order valence-corrected chi connectivity index (χ1v) is 11.6. The minimum Gasteiger partial charge on any atom is -0.460 e. The Morgan fingerprint density at radius 3 is 2.43 bits per heavy atom. The van der Waals surface area contributed by atoms with Crippen molar-refractivity contribution < 1.29 is 9.53 Å². The van der Waals surface area contributed by atoms with Gasteiger partial charge in [0.2, 0.25) is 0 Å². The number of benzene rings is 1. The van der Waals surface area contributed by atoms with Crippen LogP contribution in [0.2, 0.25) is 0 Å². The average Bonchev–Trinajstić information content (AvgIpc) is 3.09. The molecule has 0 radical (unpaired) electrons. The van der Waals surface area contributed by atoms with Gasteiger partial charge < -0.3 is 9.30 Å². The van der Waals surface area contributed by atoms with E-state index in [0.29, 0.717) is 0 Å². The maximum atomic E-state index is 12.7. The predicted octanol–water partition coefficient (Wildman–Crippen LogP) is 5.21. The molecule has 1 aliphatic carbocycles. The molecule has 2 aromatic rings. The molecule has 5 heteroatoms. The number of esters is 1. The van der Waals surface area contributed by atoms with Crippen LogP contribution in [0.25, 0.3) is 0 Å². The lowest BCUT2D eigenvalue weighted by molar-refractivity contribution is -0.161. The van der Waals surface area contributed by atoms with E-state index >= 15 is 0 Å². The fourth-order valence-corrected chi connectivity index (χ4v) is 5.15. The highest BCUT2D eigenvalue weighted by molar-refractivity contribution is 5.73. The van der Waals surface area contributed by atoms with Gasteiger partial charge in [-0.25, -0.2) is 0 Å². The molecule has 1 saturated carbocycles. The first kappa shape index (κ1) is 21.1. The van der Waals surface area contributed by atoms with E-state index in [0.717, 1.165) is 50.3 Å². The van der Waals surface area contributed by atoms with Gasteiger partial charge in [-0.15, -0.1) is 10.2 Å². The Kier molecular flexibility index (Phi) is 5.99. The Morgan fingerprint density at radius 2 is 1.73 bits per heavy atom. The summed E-state index contributed by atoms with van der Waals surface area (Å²) in [5.74, 6) is 2.15. The van der Waals surface area contributed by atoms with Crippen LogP contribution in [0.5, 0.6) is 0 Å². The molecular weight excluding hydrogens is 374 g/mol. The first-order valence-electron chi connectivity index (χ1n) is 11.6. The van der Waals surface area contributed by atoms with E-state index in [1.807, 2.05) is 20.8 Å². The van der Waals surface area contributed by atoms with Crippen LogP contribution in [-0.4, -0.2) is 26.3 Å². The molecule has 0 amide bonds. The quantitative estimate of drug-likeness (QED) is 0.653. The number of carbonyl (C=O) groups is 1. The number of fused-ring (bicyclic) bond motifs is 1. The molecule has 0 atom stereocenters. The second-order valence-corrected chi connectivity index (χ2v) is 10.0. The highest BCUT2D eigenvalue weighted by Crippen LogP contribution is 2.46. The van der Waals surface area contributed by atoms with E-state index in [1.165, 1.54) is 31.2 Å². The summed E-state index contributed by atoms with van der Waals surface area (Å²) in [6, 6.07) is 10.7. The third kappa shape index (κ3) is 4.30. The Bertz CT molecular complexity index is 858. The number of hydrogen-bond acceptors (Lipinski definition) is 4. The van der Waals surface area contributed by atoms with Gasteiger partial charge >= 0.3 is 5.97 Å². The second-order valence-electron chi connectivity index (χ2n) is 10.0. The third-order valence-corrected chi connectivity index (χ3v) is 6.69. The number of carbonyl (C=O) groups excluding carboxylic acids is 1. The Balaban J connectivity index is 1.65. The fourth-order valence-electron chi connectivity index (χ4n) is 5.15. The molecule has 30 heavy (non-hydrogen) atoms. The lowest BCUT2D eigenvalue weighted by Crippen LogP contribution is -2.39. The largest absolute Gasteiger partial charge is 0.460 e. The zero-order chi connectivity index (χ0) is 21.2. The van der Waals surface area contributed by atoms with E-state index in [4.69, 9.17) is 9.84 Å². The zero-order valence-corrected chi connectivity index (χ0v) is 18.7. The summed E-state index contributed by atoms with van der Waals surface area (Å²) in [4.78, 5) is 12.7. The summed E-state index contributed by atoms with van der Waals surface area (Å²) in [5.41, 5.74) is 0.683. The van der Waals surface area contributed by atoms with Crippen molar-refractivity contribution in [3.63, 3.8) is 0 Å². The number of nitrogens with zero attached hydrogens (tertiary/aromatic N) is 3. The van der Waals surface area contributed by atoms with Gasteiger partial charge in [0, 0.05) is 13.0 Å². The Labute approximate surface area is 180 Å². The van der Waals surface area contributed by atoms with Crippen LogP contribution >= 0.6 is 0 Å². The summed E-state index contributed by atoms with van der Waals surface area (Å²) >= 11 is 0. The SMILES string of the molecule is CC(C)(C)OC(=O)C1CCC(c2ccccc2)(c2nnc3n2CCCCCC3)CC1. The van der Waals surface area contributed by atoms with Crippen LogP contribution in [0.15, 0.2) is 30.3 Å². The van der Waals surface area contributed by atoms with Gasteiger partial charge in [0.05, 0.1) is 11.3 Å². The summed E-state index contributed by atoms with van der Waals surface area (Å²) in [6.07, 6.45) is 9.40. The van der Waals surface area contributed by atoms with Gasteiger partial charge in [0.15, 0.2) is 0 Å². The molecule has 5 nitrogen and oxygen atoms in total. The zero-order valence-electron chi connectivity index (χ0n) is 18.7. The van der Waals surface area contributed by atoms with Crippen LogP contribution < -0.4 is 0 Å². The summed E-state index contributed by atoms with van der Waals surface area (Å²) in [7, 11) is 0. The van der Waals surface area contributed by atoms with Gasteiger partial charge in [-0.1, -0.05) is 43.2 Å². The molecule has 1 aromatic carbocycles. The van der Waals surface area contributed by atoms with Gasteiger partial charge in [-0.2, -0.15) is 0 Å². The van der Waals surface area contributed by atoms with E-state index in [-0.39, 0.29) is 17.3 Å². The molecule has 4 rings (SSSR count). The van der Waals surface area contributed by atoms with Crippen molar-refractivity contribution in [2.75, 3.05) is 0 Å². The van der Waals surface area contributed by atoms with Crippen LogP contribution in [0.3, 0.4) is 0 Å². The summed E-state index contributed by atoms with van der Waals surface area (Å²) in [5, 5.41) is 9.41. The van der Waals surface area contributed by atoms with Crippen LogP contribution in [0.4, 0.5) is 0 Å². The molecule has 162 valence electrons. The molecule has 1 fully saturated rings. The number of hydrogen-bond donors (Lipinski definition) is 0. The van der Waals surface area contributed by atoms with Gasteiger partial charge in [-0.05, 0) is 64.9 Å². The van der Waals surface area contributed by atoms with Gasteiger partial charge in [-0.3, -0.25) is 4.79 Å². The number of aryl methyl sites for hydroxylation is 1. The predicted molar refractivity (Wildman–Crippen MR) is 117 cm³/mol. The number of ether oxygens (including phenoxy) is 1. The lowest BCUT2D eigenvalue weighted by atomic mass is 9.66. The minimum absolute atomic E-state index is 0.0317. The Morgan fingerprint density at radius 1 is 1.03 bits per heavy atom. The maximum Gasteiger partial charge on any atom is 0.309 e. The molecule has 1 aliphatic heterocycles. The highest BCUT2D eigenvalue weighted by atomic mass is 16.6. The van der Waals surface area contributed by atoms with Crippen molar-refractivity contribution in [3.8, 4) is 0 Å². The fraction of sp³-hybridized carbons (Fsp3) is 0.640. The number of rotatable bonds is 3. The highest BCUT2D eigenvalue weighted by Gasteiger charge is 2.44. The van der Waals surface area contributed by atoms with Crippen molar-refractivity contribution in [2.24, 2.45) is 5.92 Å². The molecular formula is C25H35N3O2. The average molecular weight is 410 g/mol. The van der Waals surface area contributed by atoms with E-state index in [9.17, 15) is 4.79 Å². The molecule has 0 bridgehead atoms. The lowest BCUT2D eigenvalue weighted by Gasteiger charge is -2.40. The second kappa shape index (κ2) is 8.52. The normalized spacial score (nSPS) is 25.1. The molecule has 0 unspecified atom stereocenters. The van der Waals surface area contributed by atoms with Crippen molar-refractivity contribution in [1.29, 1.82) is 0 Å². The molecule has 2 heterocycles. The molecule has 0 spiro atoms. The molecule has 2 aliphatic rings. The van der Waals surface area contributed by atoms with Gasteiger partial charge in [0.25, 0.3) is 0 Å². The standard InChI is InChI=1S/C25H35N3O2/c1-24(2,3)30-22(29)19-14-16-25(17-15-19,20-11-7-6-8-12-20)23-27-26-21-13-9-4-5-10-18-28(21)23/h6-8,11-12,19H,4-5,9-10,13-18H2,1-3H3. The smallest absolute Gasteiger partial charge is 0.309 e. The van der Waals surface area contributed by atoms with E-state index in [1.54, 1.807) is 0 Å². The summed E-state index contributed by atoms with van der Waals surface area (Å²) in [6.45, 7) is 6.82. The van der Waals surface area contributed by atoms with Crippen LogP contribution in [0.1, 0.15) is 89.4 Å². The molecule has 0 saturated heterocycles. The van der Waals surface area contributed by atoms with Crippen LogP contribution in [-0.2, 0) is 27.9 Å². The monoisotopic (exact) mass is 409 g/mol. The molecule has 1 aromatic heterocycles. The van der Waals surface area contributed by atoms with E-state index < -0.39 is 5.60 Å². The van der Waals surface area contributed by atoms with Crippen molar-refractivity contribution >= 4 is 5.97 Å². The van der Waals surface area contributed by atoms with Crippen molar-refractivity contribution in [2.45, 2.75) is 96.1 Å². The minimum atomic E-state index is -0.437. The van der Waals surface area contributed by atoms with Crippen molar-refractivity contribution in [1.82, 2.24) is 14.8 Å². The van der Waals surface area contributed by atoms with Crippen LogP contribution in [0, 0.1) is 5.92 Å². The van der Waals surface area contributed by atoms with Crippen molar-refractivity contribution in [3.05, 3.63) is 47.5 Å². The van der Waals surface area contributed by atoms with E-state index in [2.05, 4.69) is 40.0 Å². The number of aromatic nitrogens is 3. The molecule has 0 N–H and O–H groups in total. The summed E-state index contributed by atoms with van der Waals surface area (Å²) < 4.78 is 8.09. The topological polar surface area (TPSA) is 57.0 Å². The third-order valence-electron chi connectivity index (χ3n) is 6.69. The van der Waals surface area contributed by atoms with Gasteiger partial charge in [0.1, 0.15) is 17.2 Å². The maximum absolute atomic E-state index is 12.7. The first-order chi connectivity index (χ1) is 14.4. The Hall–Kier alpha value is -2.17.